The van der Waals surface area contributed by atoms with E-state index in [1.807, 2.05) is 0 Å². The predicted octanol–water partition coefficient (Wildman–Crippen LogP) is 2.73. The van der Waals surface area contributed by atoms with Crippen LogP contribution < -0.4 is 0 Å². The minimum atomic E-state index is -0.150. The van der Waals surface area contributed by atoms with Gasteiger partial charge in [0.15, 0.2) is 0 Å². The van der Waals surface area contributed by atoms with Crippen molar-refractivity contribution in [3.05, 3.63) is 0 Å². The average molecular weight is 270 g/mol. The highest BCUT2D eigenvalue weighted by Gasteiger charge is 2.27. The van der Waals surface area contributed by atoms with Gasteiger partial charge in [-0.2, -0.15) is 0 Å². The van der Waals surface area contributed by atoms with Crippen LogP contribution in [0.1, 0.15) is 58.3 Å². The molecule has 3 heteroatoms. The summed E-state index contributed by atoms with van der Waals surface area (Å²) in [7, 11) is 4.30. The summed E-state index contributed by atoms with van der Waals surface area (Å²) in [6.45, 7) is 5.47. The quantitative estimate of drug-likeness (QED) is 0.653. The van der Waals surface area contributed by atoms with E-state index in [-0.39, 0.29) is 6.10 Å². The smallest absolute Gasteiger partial charge is 0.0707 e. The first-order valence-electron chi connectivity index (χ1n) is 8.22. The van der Waals surface area contributed by atoms with Crippen molar-refractivity contribution in [2.45, 2.75) is 70.4 Å². The van der Waals surface area contributed by atoms with Gasteiger partial charge in [0.05, 0.1) is 6.10 Å². The van der Waals surface area contributed by atoms with Crippen molar-refractivity contribution >= 4 is 0 Å². The fourth-order valence-electron chi connectivity index (χ4n) is 2.96. The number of aliphatic hydroxyl groups excluding tert-OH is 1. The Balaban J connectivity index is 2.07. The van der Waals surface area contributed by atoms with Gasteiger partial charge in [0.25, 0.3) is 0 Å². The van der Waals surface area contributed by atoms with Crippen LogP contribution in [0.4, 0.5) is 0 Å². The summed E-state index contributed by atoms with van der Waals surface area (Å²) >= 11 is 0. The van der Waals surface area contributed by atoms with Crippen molar-refractivity contribution < 1.29 is 5.11 Å². The number of rotatable bonds is 9. The lowest BCUT2D eigenvalue weighted by Gasteiger charge is -2.40. The molecule has 1 fully saturated rings. The molecular formula is C16H34N2O. The number of piperazine rings is 1. The standard InChI is InChI=1S/C16H34N2O/c1-4-5-6-7-8-9-10-11-16(19)15-14-17(2)12-13-18(15)3/h15-16,19H,4-14H2,1-3H3. The summed E-state index contributed by atoms with van der Waals surface area (Å²) in [5.41, 5.74) is 0. The Hall–Kier alpha value is -0.120. The van der Waals surface area contributed by atoms with Gasteiger partial charge < -0.3 is 10.0 Å². The number of likely N-dealkylation sites (N-methyl/N-ethyl adjacent to an activating group) is 2. The molecule has 0 radical (unpaired) electrons. The monoisotopic (exact) mass is 270 g/mol. The molecule has 0 aromatic rings. The second-order valence-electron chi connectivity index (χ2n) is 6.29. The van der Waals surface area contributed by atoms with Gasteiger partial charge in [0, 0.05) is 25.7 Å². The summed E-state index contributed by atoms with van der Waals surface area (Å²) in [5, 5.41) is 10.3. The van der Waals surface area contributed by atoms with Gasteiger partial charge in [-0.05, 0) is 20.5 Å². The van der Waals surface area contributed by atoms with Crippen molar-refractivity contribution in [2.75, 3.05) is 33.7 Å². The van der Waals surface area contributed by atoms with Crippen molar-refractivity contribution in [1.29, 1.82) is 0 Å². The maximum atomic E-state index is 10.3. The Bertz CT molecular complexity index is 223. The molecule has 1 aliphatic rings. The maximum absolute atomic E-state index is 10.3. The summed E-state index contributed by atoms with van der Waals surface area (Å²) in [6.07, 6.45) is 10.1. The van der Waals surface area contributed by atoms with Crippen molar-refractivity contribution in [1.82, 2.24) is 9.80 Å². The highest BCUT2D eigenvalue weighted by molar-refractivity contribution is 4.84. The van der Waals surface area contributed by atoms with Crippen molar-refractivity contribution in [3.63, 3.8) is 0 Å². The van der Waals surface area contributed by atoms with Crippen LogP contribution in [0.15, 0.2) is 0 Å². The van der Waals surface area contributed by atoms with Crippen LogP contribution in [0, 0.1) is 0 Å². The van der Waals surface area contributed by atoms with E-state index in [1.54, 1.807) is 0 Å². The Morgan fingerprint density at radius 3 is 2.32 bits per heavy atom. The SMILES string of the molecule is CCCCCCCCCC(O)C1CN(C)CCN1C. The second kappa shape index (κ2) is 9.73. The largest absolute Gasteiger partial charge is 0.391 e. The molecule has 0 bridgehead atoms. The van der Waals surface area contributed by atoms with Gasteiger partial charge >= 0.3 is 0 Å². The molecule has 1 N–H and O–H groups in total. The third kappa shape index (κ3) is 6.73. The highest BCUT2D eigenvalue weighted by Crippen LogP contribution is 2.16. The number of hydrogen-bond donors (Lipinski definition) is 1. The lowest BCUT2D eigenvalue weighted by Crippen LogP contribution is -2.55. The van der Waals surface area contributed by atoms with E-state index >= 15 is 0 Å². The Labute approximate surface area is 120 Å². The van der Waals surface area contributed by atoms with E-state index < -0.39 is 0 Å². The molecule has 0 aromatic carbocycles. The molecule has 0 aliphatic carbocycles. The van der Waals surface area contributed by atoms with Crippen LogP contribution >= 0.6 is 0 Å². The van der Waals surface area contributed by atoms with E-state index in [1.165, 1.54) is 44.9 Å². The van der Waals surface area contributed by atoms with E-state index in [0.29, 0.717) is 6.04 Å². The normalized spacial score (nSPS) is 23.7. The summed E-state index contributed by atoms with van der Waals surface area (Å²) < 4.78 is 0. The number of hydrogen-bond acceptors (Lipinski definition) is 3. The topological polar surface area (TPSA) is 26.7 Å². The Morgan fingerprint density at radius 1 is 1.00 bits per heavy atom. The van der Waals surface area contributed by atoms with Gasteiger partial charge in [-0.25, -0.2) is 0 Å². The first-order chi connectivity index (χ1) is 9.15. The van der Waals surface area contributed by atoms with Crippen LogP contribution in [0.2, 0.25) is 0 Å². The molecule has 3 nitrogen and oxygen atoms in total. The summed E-state index contributed by atoms with van der Waals surface area (Å²) in [6, 6.07) is 0.332. The molecule has 1 saturated heterocycles. The molecule has 0 aromatic heterocycles. The summed E-state index contributed by atoms with van der Waals surface area (Å²) in [4.78, 5) is 4.66. The van der Waals surface area contributed by atoms with Crippen LogP contribution in [-0.2, 0) is 0 Å². The molecule has 0 saturated carbocycles. The highest BCUT2D eigenvalue weighted by atomic mass is 16.3. The van der Waals surface area contributed by atoms with Crippen molar-refractivity contribution in [2.24, 2.45) is 0 Å². The van der Waals surface area contributed by atoms with Gasteiger partial charge in [-0.15, -0.1) is 0 Å². The Kier molecular flexibility index (Phi) is 8.67. The fraction of sp³-hybridized carbons (Fsp3) is 1.00. The second-order valence-corrected chi connectivity index (χ2v) is 6.29. The first kappa shape index (κ1) is 16.9. The molecule has 1 rings (SSSR count). The van der Waals surface area contributed by atoms with Gasteiger partial charge in [-0.3, -0.25) is 4.90 Å². The van der Waals surface area contributed by atoms with Gasteiger partial charge in [0.1, 0.15) is 0 Å². The lowest BCUT2D eigenvalue weighted by atomic mass is 10.00. The van der Waals surface area contributed by atoms with Crippen LogP contribution in [0.25, 0.3) is 0 Å². The molecule has 2 unspecified atom stereocenters. The number of aliphatic hydroxyl groups is 1. The van der Waals surface area contributed by atoms with E-state index in [0.717, 1.165) is 26.1 Å². The van der Waals surface area contributed by atoms with Crippen molar-refractivity contribution in [3.8, 4) is 0 Å². The molecule has 19 heavy (non-hydrogen) atoms. The Morgan fingerprint density at radius 2 is 1.63 bits per heavy atom. The van der Waals surface area contributed by atoms with Crippen LogP contribution in [0.5, 0.6) is 0 Å². The lowest BCUT2D eigenvalue weighted by molar-refractivity contribution is 0.00973. The zero-order valence-corrected chi connectivity index (χ0v) is 13.3. The van der Waals surface area contributed by atoms with Crippen LogP contribution in [0.3, 0.4) is 0 Å². The number of nitrogens with zero attached hydrogens (tertiary/aromatic N) is 2. The molecule has 0 amide bonds. The third-order valence-electron chi connectivity index (χ3n) is 4.45. The zero-order chi connectivity index (χ0) is 14.1. The maximum Gasteiger partial charge on any atom is 0.0707 e. The zero-order valence-electron chi connectivity index (χ0n) is 13.3. The predicted molar refractivity (Wildman–Crippen MR) is 82.5 cm³/mol. The van der Waals surface area contributed by atoms with E-state index in [2.05, 4.69) is 30.8 Å². The molecule has 2 atom stereocenters. The minimum absolute atomic E-state index is 0.150. The van der Waals surface area contributed by atoms with Gasteiger partial charge in [0.2, 0.25) is 0 Å². The minimum Gasteiger partial charge on any atom is -0.391 e. The van der Waals surface area contributed by atoms with E-state index in [9.17, 15) is 5.11 Å². The molecule has 1 heterocycles. The van der Waals surface area contributed by atoms with Gasteiger partial charge in [-0.1, -0.05) is 51.9 Å². The average Bonchev–Trinajstić information content (AvgIpc) is 2.40. The summed E-state index contributed by atoms with van der Waals surface area (Å²) in [5.74, 6) is 0. The molecular weight excluding hydrogens is 236 g/mol. The third-order valence-corrected chi connectivity index (χ3v) is 4.45. The fourth-order valence-corrected chi connectivity index (χ4v) is 2.96. The van der Waals surface area contributed by atoms with E-state index in [4.69, 9.17) is 0 Å². The molecule has 1 aliphatic heterocycles. The molecule has 0 spiro atoms. The van der Waals surface area contributed by atoms with Crippen LogP contribution in [-0.4, -0.2) is 60.8 Å². The first-order valence-corrected chi connectivity index (χ1v) is 8.22. The molecule has 114 valence electrons. The number of unbranched alkanes of at least 4 members (excludes halogenated alkanes) is 6.